The van der Waals surface area contributed by atoms with Gasteiger partial charge in [-0.1, -0.05) is 28.3 Å². The van der Waals surface area contributed by atoms with Crippen LogP contribution in [0.2, 0.25) is 0 Å². The zero-order chi connectivity index (χ0) is 16.5. The summed E-state index contributed by atoms with van der Waals surface area (Å²) in [6.45, 7) is 3.41. The molecule has 117 valence electrons. The molecular weight excluding hydrogens is 328 g/mol. The highest BCUT2D eigenvalue weighted by molar-refractivity contribution is 7.87. The monoisotopic (exact) mass is 341 g/mol. The lowest BCUT2D eigenvalue weighted by molar-refractivity contribution is 0.410. The Balaban J connectivity index is 2.50. The molecule has 0 fully saturated rings. The Bertz CT molecular complexity index is 897. The minimum atomic E-state index is -4.85. The lowest BCUT2D eigenvalue weighted by Gasteiger charge is -2.10. The Hall–Kier alpha value is -1.90. The molecule has 0 bridgehead atoms. The molecule has 0 heterocycles. The Labute approximate surface area is 129 Å². The summed E-state index contributed by atoms with van der Waals surface area (Å²) in [5, 5.41) is 0. The van der Waals surface area contributed by atoms with Gasteiger partial charge in [0.1, 0.15) is 9.79 Å². The van der Waals surface area contributed by atoms with Gasteiger partial charge in [0.25, 0.3) is 0 Å². The zero-order valence-electron chi connectivity index (χ0n) is 11.8. The van der Waals surface area contributed by atoms with Crippen LogP contribution in [0.3, 0.4) is 0 Å². The van der Waals surface area contributed by atoms with Crippen molar-refractivity contribution in [1.29, 1.82) is 0 Å². The van der Waals surface area contributed by atoms with Gasteiger partial charge in [0.2, 0.25) is 0 Å². The molecule has 0 N–H and O–H groups in total. The van der Waals surface area contributed by atoms with Crippen LogP contribution in [-0.4, -0.2) is 16.8 Å². The van der Waals surface area contributed by atoms with E-state index in [4.69, 9.17) is 4.18 Å². The summed E-state index contributed by atoms with van der Waals surface area (Å²) in [6.07, 6.45) is 0. The first kappa shape index (κ1) is 16.5. The van der Waals surface area contributed by atoms with Crippen LogP contribution >= 0.6 is 0 Å². The molecule has 0 aromatic heterocycles. The van der Waals surface area contributed by atoms with Crippen LogP contribution in [0.1, 0.15) is 11.1 Å². The first-order valence-corrected chi connectivity index (χ1v) is 8.99. The first-order valence-electron chi connectivity index (χ1n) is 6.17. The normalized spacial score (nSPS) is 12.1. The molecule has 0 saturated carbocycles. The number of rotatable bonds is 4. The Kier molecular flexibility index (Phi) is 4.28. The standard InChI is InChI=1S/C14H13O6S2/c1-10-3-6-12(7-4-10)22(18,19)20-13-9-11(2)5-8-14(13)21(15,16)17/h3-9H,1-2H3. The lowest BCUT2D eigenvalue weighted by Crippen LogP contribution is -2.12. The highest BCUT2D eigenvalue weighted by atomic mass is 32.2. The summed E-state index contributed by atoms with van der Waals surface area (Å²) < 4.78 is 62.8. The Morgan fingerprint density at radius 2 is 1.36 bits per heavy atom. The molecule has 0 unspecified atom stereocenters. The topological polar surface area (TPSA) is 97.4 Å². The maximum atomic E-state index is 12.2. The fourth-order valence-electron chi connectivity index (χ4n) is 1.76. The molecule has 2 aromatic carbocycles. The van der Waals surface area contributed by atoms with E-state index >= 15 is 0 Å². The highest BCUT2D eigenvalue weighted by Gasteiger charge is 2.24. The van der Waals surface area contributed by atoms with Crippen molar-refractivity contribution in [3.8, 4) is 5.75 Å². The summed E-state index contributed by atoms with van der Waals surface area (Å²) in [7, 11) is -9.08. The smallest absolute Gasteiger partial charge is 0.339 e. The fraction of sp³-hybridized carbons (Fsp3) is 0.143. The van der Waals surface area contributed by atoms with Gasteiger partial charge in [0, 0.05) is 0 Å². The van der Waals surface area contributed by atoms with Crippen molar-refractivity contribution in [2.75, 3.05) is 0 Å². The van der Waals surface area contributed by atoms with Gasteiger partial charge in [-0.25, -0.2) is 0 Å². The summed E-state index contributed by atoms with van der Waals surface area (Å²) in [5.41, 5.74) is 1.42. The average molecular weight is 341 g/mol. The SMILES string of the molecule is Cc1ccc(S(=O)(=O)Oc2cc(C)ccc2S([O])(=O)=O)cc1. The molecule has 0 aliphatic carbocycles. The largest absolute Gasteiger partial charge is 0.377 e. The molecule has 2 rings (SSSR count). The van der Waals surface area contributed by atoms with Crippen LogP contribution in [0.15, 0.2) is 52.3 Å². The van der Waals surface area contributed by atoms with Crippen LogP contribution in [-0.2, 0) is 24.8 Å². The van der Waals surface area contributed by atoms with E-state index in [1.807, 2.05) is 0 Å². The van der Waals surface area contributed by atoms with Crippen molar-refractivity contribution in [3.63, 3.8) is 0 Å². The summed E-state index contributed by atoms with van der Waals surface area (Å²) >= 11 is 0. The van der Waals surface area contributed by atoms with Crippen LogP contribution in [0.5, 0.6) is 5.75 Å². The van der Waals surface area contributed by atoms with Crippen molar-refractivity contribution >= 4 is 20.2 Å². The van der Waals surface area contributed by atoms with E-state index in [-0.39, 0.29) is 4.90 Å². The molecule has 1 radical (unpaired) electrons. The number of benzene rings is 2. The molecule has 0 saturated heterocycles. The van der Waals surface area contributed by atoms with Gasteiger partial charge in [-0.05, 0) is 43.7 Å². The first-order chi connectivity index (χ1) is 10.1. The second kappa shape index (κ2) is 5.71. The number of aryl methyl sites for hydroxylation is 2. The maximum absolute atomic E-state index is 12.2. The van der Waals surface area contributed by atoms with E-state index in [0.29, 0.717) is 5.56 Å². The molecule has 0 amide bonds. The zero-order valence-corrected chi connectivity index (χ0v) is 13.4. The van der Waals surface area contributed by atoms with Gasteiger partial charge in [-0.3, -0.25) is 0 Å². The number of hydrogen-bond donors (Lipinski definition) is 0. The van der Waals surface area contributed by atoms with Crippen molar-refractivity contribution in [1.82, 2.24) is 0 Å². The third kappa shape index (κ3) is 3.65. The minimum Gasteiger partial charge on any atom is -0.377 e. The molecule has 0 atom stereocenters. The van der Waals surface area contributed by atoms with Crippen molar-refractivity contribution in [2.45, 2.75) is 23.6 Å². The van der Waals surface area contributed by atoms with E-state index < -0.39 is 30.9 Å². The van der Waals surface area contributed by atoms with Gasteiger partial charge >= 0.3 is 20.2 Å². The fourth-order valence-corrected chi connectivity index (χ4v) is 3.33. The third-order valence-electron chi connectivity index (χ3n) is 2.88. The number of hydrogen-bond acceptors (Lipinski definition) is 5. The maximum Gasteiger partial charge on any atom is 0.339 e. The van der Waals surface area contributed by atoms with E-state index in [1.54, 1.807) is 26.0 Å². The van der Waals surface area contributed by atoms with Crippen molar-refractivity contribution in [3.05, 3.63) is 53.6 Å². The average Bonchev–Trinajstić information content (AvgIpc) is 2.37. The van der Waals surface area contributed by atoms with Crippen LogP contribution in [0.25, 0.3) is 0 Å². The van der Waals surface area contributed by atoms with Crippen molar-refractivity contribution in [2.24, 2.45) is 0 Å². The van der Waals surface area contributed by atoms with E-state index in [2.05, 4.69) is 0 Å². The molecule has 0 aliphatic rings. The summed E-state index contributed by atoms with van der Waals surface area (Å²) in [4.78, 5) is -0.845. The Morgan fingerprint density at radius 1 is 0.818 bits per heavy atom. The van der Waals surface area contributed by atoms with Crippen molar-refractivity contribution < 1.29 is 25.6 Å². The van der Waals surface area contributed by atoms with Gasteiger partial charge in [-0.2, -0.15) is 16.8 Å². The van der Waals surface area contributed by atoms with Crippen LogP contribution < -0.4 is 4.18 Å². The second-order valence-electron chi connectivity index (χ2n) is 4.75. The molecule has 6 nitrogen and oxygen atoms in total. The van der Waals surface area contributed by atoms with Gasteiger partial charge < -0.3 is 4.18 Å². The molecular formula is C14H13O6S2. The van der Waals surface area contributed by atoms with Crippen LogP contribution in [0.4, 0.5) is 0 Å². The van der Waals surface area contributed by atoms with Gasteiger partial charge in [0.05, 0.1) is 0 Å². The lowest BCUT2D eigenvalue weighted by atomic mass is 10.2. The summed E-state index contributed by atoms with van der Waals surface area (Å²) in [6, 6.07) is 9.44. The third-order valence-corrected chi connectivity index (χ3v) is 5.00. The van der Waals surface area contributed by atoms with E-state index in [0.717, 1.165) is 11.6 Å². The van der Waals surface area contributed by atoms with E-state index in [9.17, 15) is 21.4 Å². The van der Waals surface area contributed by atoms with Gasteiger partial charge in [-0.15, -0.1) is 0 Å². The molecule has 2 aromatic rings. The quantitative estimate of drug-likeness (QED) is 0.794. The van der Waals surface area contributed by atoms with E-state index in [1.165, 1.54) is 24.3 Å². The molecule has 8 heteroatoms. The second-order valence-corrected chi connectivity index (χ2v) is 7.65. The van der Waals surface area contributed by atoms with Gasteiger partial charge in [0.15, 0.2) is 5.75 Å². The minimum absolute atomic E-state index is 0.131. The Morgan fingerprint density at radius 3 is 1.91 bits per heavy atom. The predicted molar refractivity (Wildman–Crippen MR) is 78.0 cm³/mol. The van der Waals surface area contributed by atoms with Crippen LogP contribution in [0, 0.1) is 13.8 Å². The molecule has 0 aliphatic heterocycles. The molecule has 0 spiro atoms. The highest BCUT2D eigenvalue weighted by Crippen LogP contribution is 2.28. The molecule has 22 heavy (non-hydrogen) atoms. The summed E-state index contributed by atoms with van der Waals surface area (Å²) in [5.74, 6) is -0.504. The predicted octanol–water partition coefficient (Wildman–Crippen LogP) is 2.19.